The van der Waals surface area contributed by atoms with Crippen LogP contribution in [0.2, 0.25) is 0 Å². The quantitative estimate of drug-likeness (QED) is 0.834. The molecule has 1 aliphatic heterocycles. The molecule has 114 valence electrons. The van der Waals surface area contributed by atoms with Crippen LogP contribution in [0.3, 0.4) is 0 Å². The maximum atomic E-state index is 12.0. The van der Waals surface area contributed by atoms with Crippen LogP contribution in [0, 0.1) is 0 Å². The number of likely N-dealkylation sites (tertiary alicyclic amines) is 1. The van der Waals surface area contributed by atoms with E-state index in [4.69, 9.17) is 0 Å². The van der Waals surface area contributed by atoms with Crippen molar-refractivity contribution in [2.45, 2.75) is 51.1 Å². The molecule has 3 nitrogen and oxygen atoms in total. The van der Waals surface area contributed by atoms with E-state index in [0.717, 1.165) is 13.1 Å². The Labute approximate surface area is 127 Å². The zero-order valence-electron chi connectivity index (χ0n) is 13.6. The lowest BCUT2D eigenvalue weighted by molar-refractivity contribution is -0.131. The number of fused-ring (bicyclic) bond motifs is 1. The molecule has 1 aromatic rings. The molecule has 0 spiro atoms. The molecule has 21 heavy (non-hydrogen) atoms. The van der Waals surface area contributed by atoms with Gasteiger partial charge in [-0.05, 0) is 37.1 Å². The summed E-state index contributed by atoms with van der Waals surface area (Å²) in [5.74, 6) is 0.150. The van der Waals surface area contributed by atoms with E-state index >= 15 is 0 Å². The van der Waals surface area contributed by atoms with Crippen LogP contribution in [0.15, 0.2) is 24.3 Å². The smallest absolute Gasteiger partial charge is 0.219 e. The van der Waals surface area contributed by atoms with Crippen molar-refractivity contribution in [1.29, 1.82) is 0 Å². The molecule has 1 aromatic carbocycles. The van der Waals surface area contributed by atoms with Crippen LogP contribution in [-0.4, -0.2) is 41.9 Å². The summed E-state index contributed by atoms with van der Waals surface area (Å²) in [6.07, 6.45) is 2.55. The van der Waals surface area contributed by atoms with Gasteiger partial charge >= 0.3 is 0 Å². The van der Waals surface area contributed by atoms with Crippen LogP contribution in [0.1, 0.15) is 50.8 Å². The normalized spacial score (nSPS) is 27.6. The van der Waals surface area contributed by atoms with E-state index in [1.807, 2.05) is 11.9 Å². The number of nitrogens with zero attached hydrogens (tertiary/aromatic N) is 2. The first-order chi connectivity index (χ1) is 9.94. The Kier molecular flexibility index (Phi) is 3.56. The molecular formula is C18H26N2O. The maximum absolute atomic E-state index is 12.0. The largest absolute Gasteiger partial charge is 0.337 e. The van der Waals surface area contributed by atoms with Crippen LogP contribution in [-0.2, 0) is 10.2 Å². The summed E-state index contributed by atoms with van der Waals surface area (Å²) in [6.45, 7) is 8.66. The van der Waals surface area contributed by atoms with Gasteiger partial charge in [0.2, 0.25) is 5.91 Å². The number of hydrogen-bond acceptors (Lipinski definition) is 2. The summed E-state index contributed by atoms with van der Waals surface area (Å²) in [5.41, 5.74) is 2.81. The molecule has 3 rings (SSSR count). The van der Waals surface area contributed by atoms with Crippen LogP contribution < -0.4 is 0 Å². The number of amides is 1. The molecule has 1 fully saturated rings. The number of carbonyl (C=O) groups is 1. The zero-order chi connectivity index (χ0) is 15.2. The molecular weight excluding hydrogens is 260 g/mol. The Balaban J connectivity index is 2.10. The fourth-order valence-electron chi connectivity index (χ4n) is 4.36. The highest BCUT2D eigenvalue weighted by molar-refractivity contribution is 5.74. The van der Waals surface area contributed by atoms with Crippen molar-refractivity contribution in [2.24, 2.45) is 0 Å². The minimum atomic E-state index is 0.0787. The summed E-state index contributed by atoms with van der Waals surface area (Å²) in [6, 6.07) is 9.22. The van der Waals surface area contributed by atoms with E-state index in [0.29, 0.717) is 6.04 Å². The Bertz CT molecular complexity index is 546. The summed E-state index contributed by atoms with van der Waals surface area (Å²) in [5, 5.41) is 0. The molecule has 2 aliphatic rings. The minimum Gasteiger partial charge on any atom is -0.337 e. The number of carbonyl (C=O) groups excluding carboxylic acids is 1. The van der Waals surface area contributed by atoms with E-state index in [-0.39, 0.29) is 17.4 Å². The average molecular weight is 286 g/mol. The molecule has 1 amide bonds. The fraction of sp³-hybridized carbons (Fsp3) is 0.611. The number of rotatable bonds is 2. The predicted molar refractivity (Wildman–Crippen MR) is 85.2 cm³/mol. The second-order valence-electron chi connectivity index (χ2n) is 7.07. The highest BCUT2D eigenvalue weighted by atomic mass is 16.2. The standard InChI is InChI=1S/C18H26N2O/c1-13(21)19(4)16-14-9-5-6-10-15(14)18(2,3)17(16)20-11-7-8-12-20/h5-6,9-10,16-17H,7-8,11-12H2,1-4H3. The van der Waals surface area contributed by atoms with E-state index in [1.54, 1.807) is 6.92 Å². The molecule has 2 atom stereocenters. The molecule has 3 heteroatoms. The van der Waals surface area contributed by atoms with E-state index in [1.165, 1.54) is 24.0 Å². The topological polar surface area (TPSA) is 23.6 Å². The maximum Gasteiger partial charge on any atom is 0.219 e. The molecule has 0 N–H and O–H groups in total. The average Bonchev–Trinajstić information content (AvgIpc) is 3.03. The first-order valence-corrected chi connectivity index (χ1v) is 8.01. The molecule has 0 aromatic heterocycles. The molecule has 0 bridgehead atoms. The summed E-state index contributed by atoms with van der Waals surface area (Å²) < 4.78 is 0. The van der Waals surface area contributed by atoms with Crippen molar-refractivity contribution in [3.63, 3.8) is 0 Å². The minimum absolute atomic E-state index is 0.0787. The molecule has 2 unspecified atom stereocenters. The lowest BCUT2D eigenvalue weighted by Gasteiger charge is -2.41. The van der Waals surface area contributed by atoms with Crippen LogP contribution >= 0.6 is 0 Å². The van der Waals surface area contributed by atoms with Crippen molar-refractivity contribution in [3.8, 4) is 0 Å². The Hall–Kier alpha value is -1.35. The van der Waals surface area contributed by atoms with Crippen molar-refractivity contribution in [1.82, 2.24) is 9.80 Å². The van der Waals surface area contributed by atoms with Gasteiger partial charge in [0, 0.05) is 25.4 Å². The SMILES string of the molecule is CC(=O)N(C)C1c2ccccc2C(C)(C)C1N1CCCC1. The van der Waals surface area contributed by atoms with Gasteiger partial charge in [-0.2, -0.15) is 0 Å². The van der Waals surface area contributed by atoms with Gasteiger partial charge in [0.25, 0.3) is 0 Å². The summed E-state index contributed by atoms with van der Waals surface area (Å²) >= 11 is 0. The first kappa shape index (κ1) is 14.6. The van der Waals surface area contributed by atoms with Gasteiger partial charge in [-0.15, -0.1) is 0 Å². The molecule has 1 heterocycles. The van der Waals surface area contributed by atoms with E-state index < -0.39 is 0 Å². The second-order valence-corrected chi connectivity index (χ2v) is 7.07. The van der Waals surface area contributed by atoms with Crippen molar-refractivity contribution < 1.29 is 4.79 Å². The highest BCUT2D eigenvalue weighted by Gasteiger charge is 2.51. The van der Waals surface area contributed by atoms with E-state index in [2.05, 4.69) is 43.0 Å². The van der Waals surface area contributed by atoms with Crippen molar-refractivity contribution >= 4 is 5.91 Å². The van der Waals surface area contributed by atoms with Crippen molar-refractivity contribution in [2.75, 3.05) is 20.1 Å². The third-order valence-electron chi connectivity index (χ3n) is 5.46. The Morgan fingerprint density at radius 3 is 2.48 bits per heavy atom. The van der Waals surface area contributed by atoms with Gasteiger partial charge in [-0.3, -0.25) is 9.69 Å². The van der Waals surface area contributed by atoms with Gasteiger partial charge in [-0.1, -0.05) is 38.1 Å². The Morgan fingerprint density at radius 1 is 1.24 bits per heavy atom. The number of hydrogen-bond donors (Lipinski definition) is 0. The molecule has 0 saturated carbocycles. The first-order valence-electron chi connectivity index (χ1n) is 8.01. The Morgan fingerprint density at radius 2 is 1.86 bits per heavy atom. The number of likely N-dealkylation sites (N-methyl/N-ethyl adjacent to an activating group) is 1. The fourth-order valence-corrected chi connectivity index (χ4v) is 4.36. The van der Waals surface area contributed by atoms with Gasteiger partial charge in [0.15, 0.2) is 0 Å². The van der Waals surface area contributed by atoms with Gasteiger partial charge in [0.1, 0.15) is 0 Å². The number of benzene rings is 1. The van der Waals surface area contributed by atoms with E-state index in [9.17, 15) is 4.79 Å². The van der Waals surface area contributed by atoms with Gasteiger partial charge in [-0.25, -0.2) is 0 Å². The third-order valence-corrected chi connectivity index (χ3v) is 5.46. The van der Waals surface area contributed by atoms with Gasteiger partial charge in [0.05, 0.1) is 6.04 Å². The summed E-state index contributed by atoms with van der Waals surface area (Å²) in [4.78, 5) is 16.6. The highest BCUT2D eigenvalue weighted by Crippen LogP contribution is 2.50. The van der Waals surface area contributed by atoms with Crippen LogP contribution in [0.5, 0.6) is 0 Å². The van der Waals surface area contributed by atoms with Crippen LogP contribution in [0.4, 0.5) is 0 Å². The second kappa shape index (κ2) is 5.13. The monoisotopic (exact) mass is 286 g/mol. The van der Waals surface area contributed by atoms with Crippen LogP contribution in [0.25, 0.3) is 0 Å². The predicted octanol–water partition coefficient (Wildman–Crippen LogP) is 2.96. The third kappa shape index (κ3) is 2.18. The van der Waals surface area contributed by atoms with Crippen molar-refractivity contribution in [3.05, 3.63) is 35.4 Å². The van der Waals surface area contributed by atoms with Gasteiger partial charge < -0.3 is 4.90 Å². The molecule has 0 radical (unpaired) electrons. The molecule has 1 aliphatic carbocycles. The lowest BCUT2D eigenvalue weighted by atomic mass is 9.81. The molecule has 1 saturated heterocycles. The zero-order valence-corrected chi connectivity index (χ0v) is 13.6. The summed E-state index contributed by atoms with van der Waals surface area (Å²) in [7, 11) is 1.95. The lowest BCUT2D eigenvalue weighted by Crippen LogP contribution is -2.50.